The molecule has 3 amide bonds. The summed E-state index contributed by atoms with van der Waals surface area (Å²) in [5.74, 6) is -0.648. The monoisotopic (exact) mass is 385 g/mol. The van der Waals surface area contributed by atoms with Gasteiger partial charge in [0, 0.05) is 25.1 Å². The van der Waals surface area contributed by atoms with E-state index in [2.05, 4.69) is 5.32 Å². The Hall–Kier alpha value is -2.71. The average Bonchev–Trinajstić information content (AvgIpc) is 3.19. The SMILES string of the molecule is COCC(=O)N1CCN2C(=O)c3cc(-c4cccs4)ccc3NC(=O)[C@H]2C1. The second kappa shape index (κ2) is 7.13. The van der Waals surface area contributed by atoms with Crippen LogP contribution in [0.1, 0.15) is 10.4 Å². The van der Waals surface area contributed by atoms with Gasteiger partial charge < -0.3 is 19.9 Å². The minimum atomic E-state index is -0.704. The van der Waals surface area contributed by atoms with Gasteiger partial charge in [-0.1, -0.05) is 12.1 Å². The molecule has 7 nitrogen and oxygen atoms in total. The number of nitrogens with zero attached hydrogens (tertiary/aromatic N) is 2. The Bertz CT molecular complexity index is 896. The lowest BCUT2D eigenvalue weighted by atomic mass is 10.1. The van der Waals surface area contributed by atoms with Crippen molar-refractivity contribution in [2.45, 2.75) is 6.04 Å². The molecule has 0 bridgehead atoms. The van der Waals surface area contributed by atoms with Crippen molar-refractivity contribution in [3.8, 4) is 10.4 Å². The number of thiophene rings is 1. The molecule has 2 aromatic rings. The maximum atomic E-state index is 13.1. The van der Waals surface area contributed by atoms with Crippen LogP contribution in [0.3, 0.4) is 0 Å². The fraction of sp³-hybridized carbons (Fsp3) is 0.316. The second-order valence-corrected chi connectivity index (χ2v) is 7.46. The molecule has 2 aliphatic rings. The maximum absolute atomic E-state index is 13.1. The number of amides is 3. The van der Waals surface area contributed by atoms with E-state index in [9.17, 15) is 14.4 Å². The molecule has 0 radical (unpaired) electrons. The number of methoxy groups -OCH3 is 1. The Morgan fingerprint density at radius 1 is 1.30 bits per heavy atom. The topological polar surface area (TPSA) is 79.0 Å². The van der Waals surface area contributed by atoms with E-state index < -0.39 is 6.04 Å². The second-order valence-electron chi connectivity index (χ2n) is 6.51. The number of nitrogens with one attached hydrogen (secondary N) is 1. The molecule has 27 heavy (non-hydrogen) atoms. The molecule has 4 rings (SSSR count). The Labute approximate surface area is 160 Å². The van der Waals surface area contributed by atoms with E-state index >= 15 is 0 Å². The Morgan fingerprint density at radius 2 is 2.15 bits per heavy atom. The van der Waals surface area contributed by atoms with Crippen molar-refractivity contribution < 1.29 is 19.1 Å². The summed E-state index contributed by atoms with van der Waals surface area (Å²) in [6, 6.07) is 8.75. The van der Waals surface area contributed by atoms with Crippen molar-refractivity contribution in [1.82, 2.24) is 9.80 Å². The first-order valence-electron chi connectivity index (χ1n) is 8.65. The molecule has 140 valence electrons. The molecule has 1 aromatic heterocycles. The molecular weight excluding hydrogens is 366 g/mol. The van der Waals surface area contributed by atoms with E-state index in [1.54, 1.807) is 27.2 Å². The summed E-state index contributed by atoms with van der Waals surface area (Å²) in [7, 11) is 1.46. The van der Waals surface area contributed by atoms with Gasteiger partial charge in [-0.25, -0.2) is 0 Å². The maximum Gasteiger partial charge on any atom is 0.256 e. The summed E-state index contributed by atoms with van der Waals surface area (Å²) in [4.78, 5) is 42.2. The normalized spacial score (nSPS) is 19.2. The fourth-order valence-corrected chi connectivity index (χ4v) is 4.21. The molecule has 2 aliphatic heterocycles. The highest BCUT2D eigenvalue weighted by Gasteiger charge is 2.40. The molecule has 1 fully saturated rings. The first-order chi connectivity index (χ1) is 13.1. The summed E-state index contributed by atoms with van der Waals surface area (Å²) in [6.45, 7) is 0.838. The van der Waals surface area contributed by atoms with Crippen LogP contribution in [0.25, 0.3) is 10.4 Å². The van der Waals surface area contributed by atoms with Gasteiger partial charge in [0.2, 0.25) is 11.8 Å². The van der Waals surface area contributed by atoms with Gasteiger partial charge in [-0.3, -0.25) is 14.4 Å². The standard InChI is InChI=1S/C19H19N3O4S/c1-26-11-17(23)21-6-7-22-15(10-21)18(24)20-14-5-4-12(9-13(14)19(22)25)16-3-2-8-27-16/h2-5,8-9,15H,6-7,10-11H2,1H3,(H,20,24)/t15-/m1/s1. The molecule has 0 aliphatic carbocycles. The molecule has 1 atom stereocenters. The molecular formula is C19H19N3O4S. The Kier molecular flexibility index (Phi) is 4.67. The lowest BCUT2D eigenvalue weighted by Crippen LogP contribution is -2.59. The molecule has 0 saturated carbocycles. The highest BCUT2D eigenvalue weighted by Crippen LogP contribution is 2.32. The third-order valence-corrected chi connectivity index (χ3v) is 5.80. The zero-order chi connectivity index (χ0) is 19.0. The van der Waals surface area contributed by atoms with Crippen LogP contribution in [0.5, 0.6) is 0 Å². The van der Waals surface area contributed by atoms with Crippen LogP contribution in [0.4, 0.5) is 5.69 Å². The number of anilines is 1. The number of carbonyl (C=O) groups is 3. The van der Waals surface area contributed by atoms with Gasteiger partial charge >= 0.3 is 0 Å². The van der Waals surface area contributed by atoms with Gasteiger partial charge in [0.25, 0.3) is 5.91 Å². The van der Waals surface area contributed by atoms with Crippen LogP contribution in [-0.4, -0.2) is 66.9 Å². The van der Waals surface area contributed by atoms with Crippen molar-refractivity contribution in [2.75, 3.05) is 38.7 Å². The van der Waals surface area contributed by atoms with Gasteiger partial charge in [-0.2, -0.15) is 0 Å². The number of hydrogen-bond acceptors (Lipinski definition) is 5. The van der Waals surface area contributed by atoms with E-state index in [0.717, 1.165) is 10.4 Å². The summed E-state index contributed by atoms with van der Waals surface area (Å²) in [6.07, 6.45) is 0. The van der Waals surface area contributed by atoms with Crippen molar-refractivity contribution in [3.05, 3.63) is 41.3 Å². The van der Waals surface area contributed by atoms with Gasteiger partial charge in [-0.05, 0) is 29.1 Å². The molecule has 1 aromatic carbocycles. The van der Waals surface area contributed by atoms with Crippen LogP contribution in [0.2, 0.25) is 0 Å². The van der Waals surface area contributed by atoms with Crippen LogP contribution in [0.15, 0.2) is 35.7 Å². The highest BCUT2D eigenvalue weighted by atomic mass is 32.1. The smallest absolute Gasteiger partial charge is 0.256 e. The quantitative estimate of drug-likeness (QED) is 0.872. The van der Waals surface area contributed by atoms with Crippen molar-refractivity contribution in [3.63, 3.8) is 0 Å². The van der Waals surface area contributed by atoms with Crippen LogP contribution >= 0.6 is 11.3 Å². The zero-order valence-corrected chi connectivity index (χ0v) is 15.6. The number of ether oxygens (including phenoxy) is 1. The van der Waals surface area contributed by atoms with E-state index in [1.807, 2.05) is 29.6 Å². The summed E-state index contributed by atoms with van der Waals surface area (Å²) >= 11 is 1.60. The number of hydrogen-bond donors (Lipinski definition) is 1. The summed E-state index contributed by atoms with van der Waals surface area (Å²) in [5.41, 5.74) is 1.93. The minimum Gasteiger partial charge on any atom is -0.375 e. The zero-order valence-electron chi connectivity index (χ0n) is 14.8. The van der Waals surface area contributed by atoms with Crippen LogP contribution in [-0.2, 0) is 14.3 Å². The van der Waals surface area contributed by atoms with Crippen molar-refractivity contribution >= 4 is 34.7 Å². The molecule has 8 heteroatoms. The average molecular weight is 385 g/mol. The third-order valence-electron chi connectivity index (χ3n) is 4.88. The predicted octanol–water partition coefficient (Wildman–Crippen LogP) is 1.67. The number of piperazine rings is 1. The highest BCUT2D eigenvalue weighted by molar-refractivity contribution is 7.13. The third kappa shape index (κ3) is 3.22. The number of benzene rings is 1. The van der Waals surface area contributed by atoms with E-state index in [1.165, 1.54) is 7.11 Å². The molecule has 3 heterocycles. The van der Waals surface area contributed by atoms with Crippen molar-refractivity contribution in [1.29, 1.82) is 0 Å². The van der Waals surface area contributed by atoms with E-state index in [-0.39, 0.29) is 30.9 Å². The fourth-order valence-electron chi connectivity index (χ4n) is 3.49. The number of carbonyl (C=O) groups excluding carboxylic acids is 3. The Balaban J connectivity index is 1.64. The van der Waals surface area contributed by atoms with Gasteiger partial charge in [0.1, 0.15) is 12.6 Å². The number of rotatable bonds is 3. The predicted molar refractivity (Wildman–Crippen MR) is 102 cm³/mol. The van der Waals surface area contributed by atoms with E-state index in [4.69, 9.17) is 4.74 Å². The molecule has 0 spiro atoms. The number of fused-ring (bicyclic) bond motifs is 2. The van der Waals surface area contributed by atoms with Gasteiger partial charge in [-0.15, -0.1) is 11.3 Å². The minimum absolute atomic E-state index is 0.0350. The molecule has 1 N–H and O–H groups in total. The van der Waals surface area contributed by atoms with Crippen LogP contribution < -0.4 is 5.32 Å². The Morgan fingerprint density at radius 3 is 2.89 bits per heavy atom. The van der Waals surface area contributed by atoms with Crippen LogP contribution in [0, 0.1) is 0 Å². The molecule has 0 unspecified atom stereocenters. The first kappa shape index (κ1) is 17.7. The lowest BCUT2D eigenvalue weighted by molar-refractivity contribution is -0.139. The first-order valence-corrected chi connectivity index (χ1v) is 9.53. The largest absolute Gasteiger partial charge is 0.375 e. The lowest BCUT2D eigenvalue weighted by Gasteiger charge is -2.39. The summed E-state index contributed by atoms with van der Waals surface area (Å²) in [5, 5.41) is 4.83. The van der Waals surface area contributed by atoms with Gasteiger partial charge in [0.05, 0.1) is 17.8 Å². The summed E-state index contributed by atoms with van der Waals surface area (Å²) < 4.78 is 4.89. The van der Waals surface area contributed by atoms with E-state index in [0.29, 0.717) is 24.3 Å². The van der Waals surface area contributed by atoms with Crippen molar-refractivity contribution in [2.24, 2.45) is 0 Å². The molecule has 1 saturated heterocycles. The van der Waals surface area contributed by atoms with Gasteiger partial charge in [0.15, 0.2) is 0 Å².